The van der Waals surface area contributed by atoms with Gasteiger partial charge in [0.2, 0.25) is 0 Å². The van der Waals surface area contributed by atoms with E-state index in [1.165, 1.54) is 0 Å². The molecule has 2 heterocycles. The molecule has 72 valence electrons. The topological polar surface area (TPSA) is 56.5 Å². The van der Waals surface area contributed by atoms with E-state index < -0.39 is 0 Å². The van der Waals surface area contributed by atoms with Gasteiger partial charge in [0.05, 0.1) is 12.4 Å². The minimum atomic E-state index is 0.341. The molecule has 0 amide bonds. The van der Waals surface area contributed by atoms with Crippen molar-refractivity contribution in [2.24, 2.45) is 0 Å². The van der Waals surface area contributed by atoms with Crippen LogP contribution in [-0.2, 0) is 0 Å². The van der Waals surface area contributed by atoms with E-state index in [1.54, 1.807) is 18.7 Å². The highest BCUT2D eigenvalue weighted by Gasteiger charge is 2.08. The van der Waals surface area contributed by atoms with Crippen molar-refractivity contribution in [3.63, 3.8) is 0 Å². The number of nitrogens with zero attached hydrogens (tertiary/aromatic N) is 5. The largest absolute Gasteiger partial charge is 0.311 e. The van der Waals surface area contributed by atoms with Crippen LogP contribution < -0.4 is 0 Å². The maximum Gasteiger partial charge on any atom is 0.165 e. The van der Waals surface area contributed by atoms with E-state index in [1.807, 2.05) is 10.6 Å². The molecule has 5 nitrogen and oxygen atoms in total. The van der Waals surface area contributed by atoms with Crippen LogP contribution in [0.4, 0.5) is 0 Å². The third-order valence-electron chi connectivity index (χ3n) is 1.97. The molecular formula is C9H11N5. The molecule has 0 N–H and O–H groups in total. The molecule has 0 fully saturated rings. The van der Waals surface area contributed by atoms with Crippen molar-refractivity contribution in [3.05, 3.63) is 24.8 Å². The van der Waals surface area contributed by atoms with Gasteiger partial charge in [-0.05, 0) is 19.9 Å². The van der Waals surface area contributed by atoms with E-state index in [2.05, 4.69) is 34.2 Å². The van der Waals surface area contributed by atoms with Gasteiger partial charge < -0.3 is 4.57 Å². The fourth-order valence-corrected chi connectivity index (χ4v) is 1.25. The predicted octanol–water partition coefficient (Wildman–Crippen LogP) is 1.32. The van der Waals surface area contributed by atoms with Gasteiger partial charge in [0.1, 0.15) is 6.33 Å². The summed E-state index contributed by atoms with van der Waals surface area (Å²) in [5, 5.41) is 15.5. The highest BCUT2D eigenvalue weighted by Crippen LogP contribution is 2.17. The van der Waals surface area contributed by atoms with Crippen molar-refractivity contribution in [3.8, 4) is 11.4 Å². The minimum absolute atomic E-state index is 0.341. The smallest absolute Gasteiger partial charge is 0.165 e. The molecule has 0 bridgehead atoms. The van der Waals surface area contributed by atoms with Crippen molar-refractivity contribution >= 4 is 0 Å². The second kappa shape index (κ2) is 3.53. The van der Waals surface area contributed by atoms with Gasteiger partial charge in [-0.25, -0.2) is 0 Å². The summed E-state index contributed by atoms with van der Waals surface area (Å²) in [7, 11) is 0. The Labute approximate surface area is 81.8 Å². The van der Waals surface area contributed by atoms with Crippen molar-refractivity contribution < 1.29 is 0 Å². The summed E-state index contributed by atoms with van der Waals surface area (Å²) in [6, 6.07) is 2.21. The number of aromatic nitrogens is 5. The van der Waals surface area contributed by atoms with Crippen LogP contribution in [0.1, 0.15) is 19.9 Å². The van der Waals surface area contributed by atoms with Crippen LogP contribution in [0, 0.1) is 0 Å². The maximum absolute atomic E-state index is 4.05. The van der Waals surface area contributed by atoms with Crippen molar-refractivity contribution in [1.29, 1.82) is 0 Å². The first-order valence-electron chi connectivity index (χ1n) is 4.45. The predicted molar refractivity (Wildman–Crippen MR) is 51.4 cm³/mol. The van der Waals surface area contributed by atoms with Crippen molar-refractivity contribution in [2.75, 3.05) is 0 Å². The van der Waals surface area contributed by atoms with E-state index in [0.29, 0.717) is 6.04 Å². The first-order valence-corrected chi connectivity index (χ1v) is 4.45. The SMILES string of the molecule is CC(C)n1cnnc1-c1ccnnc1. The van der Waals surface area contributed by atoms with E-state index in [0.717, 1.165) is 11.4 Å². The van der Waals surface area contributed by atoms with Gasteiger partial charge in [-0.15, -0.1) is 10.2 Å². The van der Waals surface area contributed by atoms with Crippen LogP contribution in [0.25, 0.3) is 11.4 Å². The Bertz CT molecular complexity index is 406. The molecule has 0 aliphatic rings. The molecule has 0 atom stereocenters. The summed E-state index contributed by atoms with van der Waals surface area (Å²) in [5.41, 5.74) is 0.936. The Morgan fingerprint density at radius 1 is 1.21 bits per heavy atom. The molecule has 2 aromatic heterocycles. The molecule has 0 aliphatic carbocycles. The molecule has 0 saturated heterocycles. The molecule has 0 saturated carbocycles. The Kier molecular flexibility index (Phi) is 2.22. The lowest BCUT2D eigenvalue weighted by atomic mass is 10.3. The lowest BCUT2D eigenvalue weighted by molar-refractivity contribution is 0.604. The summed E-state index contributed by atoms with van der Waals surface area (Å²) in [6.45, 7) is 4.17. The normalized spacial score (nSPS) is 10.8. The van der Waals surface area contributed by atoms with Crippen LogP contribution in [0.2, 0.25) is 0 Å². The maximum atomic E-state index is 4.05. The van der Waals surface area contributed by atoms with Crippen LogP contribution in [0.3, 0.4) is 0 Å². The van der Waals surface area contributed by atoms with Crippen molar-refractivity contribution in [2.45, 2.75) is 19.9 Å². The molecule has 0 radical (unpaired) electrons. The van der Waals surface area contributed by atoms with Gasteiger partial charge in [0, 0.05) is 11.6 Å². The number of hydrogen-bond acceptors (Lipinski definition) is 4. The van der Waals surface area contributed by atoms with Crippen LogP contribution in [-0.4, -0.2) is 25.0 Å². The van der Waals surface area contributed by atoms with Crippen LogP contribution >= 0.6 is 0 Å². The first-order chi connectivity index (χ1) is 6.79. The zero-order chi connectivity index (χ0) is 9.97. The molecule has 0 aliphatic heterocycles. The lowest BCUT2D eigenvalue weighted by Crippen LogP contribution is -2.01. The second-order valence-electron chi connectivity index (χ2n) is 3.29. The lowest BCUT2D eigenvalue weighted by Gasteiger charge is -2.08. The Hall–Kier alpha value is -1.78. The van der Waals surface area contributed by atoms with Gasteiger partial charge in [-0.3, -0.25) is 0 Å². The van der Waals surface area contributed by atoms with Gasteiger partial charge >= 0.3 is 0 Å². The van der Waals surface area contributed by atoms with Gasteiger partial charge in [0.25, 0.3) is 0 Å². The molecule has 0 spiro atoms. The highest BCUT2D eigenvalue weighted by atomic mass is 15.3. The van der Waals surface area contributed by atoms with Crippen LogP contribution in [0.15, 0.2) is 24.8 Å². The summed E-state index contributed by atoms with van der Waals surface area (Å²) in [6.07, 6.45) is 5.05. The standard InChI is InChI=1S/C9H11N5/c1-7(2)14-6-12-13-9(14)8-3-4-10-11-5-8/h3-7H,1-2H3. The van der Waals surface area contributed by atoms with Crippen molar-refractivity contribution in [1.82, 2.24) is 25.0 Å². The summed E-state index contributed by atoms with van der Waals surface area (Å²) in [5.74, 6) is 0.829. The average Bonchev–Trinajstić information content (AvgIpc) is 2.67. The molecular weight excluding hydrogens is 178 g/mol. The molecule has 2 rings (SSSR count). The van der Waals surface area contributed by atoms with E-state index >= 15 is 0 Å². The quantitative estimate of drug-likeness (QED) is 0.714. The Morgan fingerprint density at radius 3 is 2.71 bits per heavy atom. The van der Waals surface area contributed by atoms with Gasteiger partial charge in [0.15, 0.2) is 5.82 Å². The second-order valence-corrected chi connectivity index (χ2v) is 3.29. The molecule has 2 aromatic rings. The highest BCUT2D eigenvalue weighted by molar-refractivity contribution is 5.52. The van der Waals surface area contributed by atoms with E-state index in [-0.39, 0.29) is 0 Å². The zero-order valence-electron chi connectivity index (χ0n) is 8.12. The monoisotopic (exact) mass is 189 g/mol. The average molecular weight is 189 g/mol. The zero-order valence-corrected chi connectivity index (χ0v) is 8.12. The fraction of sp³-hybridized carbons (Fsp3) is 0.333. The van der Waals surface area contributed by atoms with Crippen LogP contribution in [0.5, 0.6) is 0 Å². The van der Waals surface area contributed by atoms with E-state index in [4.69, 9.17) is 0 Å². The molecule has 14 heavy (non-hydrogen) atoms. The summed E-state index contributed by atoms with van der Waals surface area (Å²) in [4.78, 5) is 0. The minimum Gasteiger partial charge on any atom is -0.311 e. The summed E-state index contributed by atoms with van der Waals surface area (Å²) >= 11 is 0. The Balaban J connectivity index is 2.47. The Morgan fingerprint density at radius 2 is 2.07 bits per heavy atom. The number of rotatable bonds is 2. The molecule has 0 aromatic carbocycles. The fourth-order valence-electron chi connectivity index (χ4n) is 1.25. The third-order valence-corrected chi connectivity index (χ3v) is 1.97. The van der Waals surface area contributed by atoms with Gasteiger partial charge in [-0.1, -0.05) is 0 Å². The van der Waals surface area contributed by atoms with E-state index in [9.17, 15) is 0 Å². The van der Waals surface area contributed by atoms with Gasteiger partial charge in [-0.2, -0.15) is 10.2 Å². The third kappa shape index (κ3) is 1.48. The molecule has 5 heteroatoms. The first kappa shape index (κ1) is 8.80. The summed E-state index contributed by atoms with van der Waals surface area (Å²) < 4.78 is 2.00. The number of hydrogen-bond donors (Lipinski definition) is 0. The molecule has 0 unspecified atom stereocenters.